The van der Waals surface area contributed by atoms with E-state index >= 15 is 0 Å². The van der Waals surface area contributed by atoms with Crippen molar-refractivity contribution in [1.82, 2.24) is 0 Å². The van der Waals surface area contributed by atoms with Crippen molar-refractivity contribution in [2.75, 3.05) is 12.4 Å². The van der Waals surface area contributed by atoms with Gasteiger partial charge in [-0.05, 0) is 61.6 Å². The van der Waals surface area contributed by atoms with Gasteiger partial charge in [-0.2, -0.15) is 0 Å². The summed E-state index contributed by atoms with van der Waals surface area (Å²) >= 11 is 3.45. The van der Waals surface area contributed by atoms with Gasteiger partial charge in [-0.3, -0.25) is 9.59 Å². The monoisotopic (exact) mass is 439 g/mol. The number of carbonyl (C=O) groups is 2. The molecule has 2 rings (SSSR count). The summed E-state index contributed by atoms with van der Waals surface area (Å²) in [5.41, 5.74) is 2.03. The summed E-state index contributed by atoms with van der Waals surface area (Å²) in [5, 5.41) is 2.80. The molecule has 1 unspecified atom stereocenters. The molecule has 0 saturated heterocycles. The molecule has 27 heavy (non-hydrogen) atoms. The molecule has 1 aromatic carbocycles. The average molecular weight is 440 g/mol. The van der Waals surface area contributed by atoms with Crippen LogP contribution in [0.15, 0.2) is 22.7 Å². The zero-order chi connectivity index (χ0) is 20.4. The smallest absolute Gasteiger partial charge is 0.308 e. The van der Waals surface area contributed by atoms with Crippen LogP contribution in [0.3, 0.4) is 0 Å². The number of halogens is 1. The first-order valence-corrected chi connectivity index (χ1v) is 10.8. The Morgan fingerprint density at radius 1 is 1.22 bits per heavy atom. The van der Waals surface area contributed by atoms with Gasteiger partial charge >= 0.3 is 5.97 Å². The summed E-state index contributed by atoms with van der Waals surface area (Å²) in [4.78, 5) is 22.2. The standard InChI is InChI=1S/C12H22O2.C10H12BrNO/c1-4-9(2)10-5-7-11(8-6-10)12(13)14-3;1-3-8-9(11)5-4-6-10(8)12-7(2)13/h9-11H,4-8H2,1-3H3;4-6H,3H2,1-2H3,(H,12,13). The normalized spacial score (nSPS) is 20.1. The molecular formula is C22H34BrNO3. The van der Waals surface area contributed by atoms with Gasteiger partial charge in [-0.15, -0.1) is 0 Å². The van der Waals surface area contributed by atoms with Crippen LogP contribution in [0.25, 0.3) is 0 Å². The second-order valence-corrected chi connectivity index (χ2v) is 8.18. The molecule has 0 heterocycles. The van der Waals surface area contributed by atoms with Gasteiger partial charge in [0.25, 0.3) is 0 Å². The van der Waals surface area contributed by atoms with Crippen molar-refractivity contribution in [3.05, 3.63) is 28.2 Å². The van der Waals surface area contributed by atoms with E-state index in [2.05, 4.69) is 42.0 Å². The highest BCUT2D eigenvalue weighted by Crippen LogP contribution is 2.34. The minimum absolute atomic E-state index is 0.00685. The Morgan fingerprint density at radius 2 is 1.85 bits per heavy atom. The zero-order valence-corrected chi connectivity index (χ0v) is 18.9. The number of carbonyl (C=O) groups excluding carboxylic acids is 2. The molecule has 1 aliphatic rings. The van der Waals surface area contributed by atoms with Crippen molar-refractivity contribution < 1.29 is 14.3 Å². The number of hydrogen-bond donors (Lipinski definition) is 1. The molecule has 152 valence electrons. The maximum atomic E-state index is 11.3. The maximum Gasteiger partial charge on any atom is 0.308 e. The van der Waals surface area contributed by atoms with Crippen LogP contribution in [0.2, 0.25) is 0 Å². The van der Waals surface area contributed by atoms with E-state index in [9.17, 15) is 9.59 Å². The molecule has 1 amide bonds. The molecule has 1 aliphatic carbocycles. The summed E-state index contributed by atoms with van der Waals surface area (Å²) in [5.74, 6) is 1.79. The summed E-state index contributed by atoms with van der Waals surface area (Å²) in [7, 11) is 1.49. The van der Waals surface area contributed by atoms with E-state index in [1.165, 1.54) is 33.3 Å². The van der Waals surface area contributed by atoms with E-state index in [4.69, 9.17) is 4.74 Å². The van der Waals surface area contributed by atoms with Gasteiger partial charge in [0, 0.05) is 17.1 Å². The van der Waals surface area contributed by atoms with Crippen LogP contribution in [0, 0.1) is 17.8 Å². The van der Waals surface area contributed by atoms with Gasteiger partial charge in [-0.1, -0.05) is 49.2 Å². The van der Waals surface area contributed by atoms with Crippen molar-refractivity contribution in [2.45, 2.75) is 66.2 Å². The Labute approximate surface area is 172 Å². The number of ether oxygens (including phenoxy) is 1. The highest BCUT2D eigenvalue weighted by atomic mass is 79.9. The molecule has 1 saturated carbocycles. The Bertz CT molecular complexity index is 610. The lowest BCUT2D eigenvalue weighted by atomic mass is 9.75. The number of nitrogens with one attached hydrogen (secondary N) is 1. The third-order valence-corrected chi connectivity index (χ3v) is 6.28. The van der Waals surface area contributed by atoms with Crippen LogP contribution in [-0.4, -0.2) is 19.0 Å². The molecule has 5 heteroatoms. The molecule has 1 N–H and O–H groups in total. The van der Waals surface area contributed by atoms with Crippen LogP contribution < -0.4 is 5.32 Å². The Kier molecular flexibility index (Phi) is 10.7. The molecule has 0 aromatic heterocycles. The first kappa shape index (κ1) is 23.7. The van der Waals surface area contributed by atoms with Crippen molar-refractivity contribution in [2.24, 2.45) is 17.8 Å². The molecule has 1 atom stereocenters. The first-order chi connectivity index (χ1) is 12.8. The number of rotatable bonds is 5. The van der Waals surface area contributed by atoms with E-state index < -0.39 is 0 Å². The number of methoxy groups -OCH3 is 1. The van der Waals surface area contributed by atoms with Crippen LogP contribution in [-0.2, 0) is 20.7 Å². The lowest BCUT2D eigenvalue weighted by Gasteiger charge is -2.30. The van der Waals surface area contributed by atoms with Crippen LogP contribution in [0.4, 0.5) is 5.69 Å². The molecular weight excluding hydrogens is 406 g/mol. The highest BCUT2D eigenvalue weighted by Gasteiger charge is 2.28. The zero-order valence-electron chi connectivity index (χ0n) is 17.3. The molecule has 0 bridgehead atoms. The molecule has 1 fully saturated rings. The minimum atomic E-state index is -0.0344. The van der Waals surface area contributed by atoms with Crippen LogP contribution in [0.5, 0.6) is 0 Å². The fourth-order valence-corrected chi connectivity index (χ4v) is 4.30. The van der Waals surface area contributed by atoms with Gasteiger partial charge in [0.1, 0.15) is 0 Å². The molecule has 0 spiro atoms. The number of benzene rings is 1. The predicted octanol–water partition coefficient (Wildman–Crippen LogP) is 5.98. The third kappa shape index (κ3) is 7.65. The predicted molar refractivity (Wildman–Crippen MR) is 115 cm³/mol. The lowest BCUT2D eigenvalue weighted by molar-refractivity contribution is -0.147. The number of esters is 1. The maximum absolute atomic E-state index is 11.3. The minimum Gasteiger partial charge on any atom is -0.469 e. The van der Waals surface area contributed by atoms with Gasteiger partial charge in [0.15, 0.2) is 0 Å². The molecule has 4 nitrogen and oxygen atoms in total. The Morgan fingerprint density at radius 3 is 2.33 bits per heavy atom. The first-order valence-electron chi connectivity index (χ1n) is 9.96. The van der Waals surface area contributed by atoms with Gasteiger partial charge in [0.2, 0.25) is 5.91 Å². The van der Waals surface area contributed by atoms with E-state index in [1.54, 1.807) is 0 Å². The number of hydrogen-bond acceptors (Lipinski definition) is 3. The molecule has 1 aromatic rings. The highest BCUT2D eigenvalue weighted by molar-refractivity contribution is 9.10. The summed E-state index contributed by atoms with van der Waals surface area (Å²) < 4.78 is 5.82. The average Bonchev–Trinajstić information content (AvgIpc) is 2.67. The largest absolute Gasteiger partial charge is 0.469 e. The van der Waals surface area contributed by atoms with Gasteiger partial charge in [-0.25, -0.2) is 0 Å². The quantitative estimate of drug-likeness (QED) is 0.573. The van der Waals surface area contributed by atoms with Crippen molar-refractivity contribution in [3.8, 4) is 0 Å². The van der Waals surface area contributed by atoms with E-state index in [-0.39, 0.29) is 17.8 Å². The fraction of sp³-hybridized carbons (Fsp3) is 0.636. The van der Waals surface area contributed by atoms with Gasteiger partial charge in [0.05, 0.1) is 13.0 Å². The van der Waals surface area contributed by atoms with E-state index in [0.29, 0.717) is 0 Å². The fourth-order valence-electron chi connectivity index (χ4n) is 3.65. The van der Waals surface area contributed by atoms with Crippen LogP contribution in [0.1, 0.15) is 65.4 Å². The topological polar surface area (TPSA) is 55.4 Å². The lowest BCUT2D eigenvalue weighted by Crippen LogP contribution is -2.25. The van der Waals surface area contributed by atoms with Crippen LogP contribution >= 0.6 is 15.9 Å². The number of amides is 1. The van der Waals surface area contributed by atoms with Gasteiger partial charge < -0.3 is 10.1 Å². The van der Waals surface area contributed by atoms with E-state index in [1.807, 2.05) is 18.2 Å². The SMILES string of the molecule is CCC(C)C1CCC(C(=O)OC)CC1.CCc1c(Br)cccc1NC(C)=O. The van der Waals surface area contributed by atoms with Crippen molar-refractivity contribution >= 4 is 33.5 Å². The summed E-state index contributed by atoms with van der Waals surface area (Å²) in [6.45, 7) is 8.14. The van der Waals surface area contributed by atoms with Crippen molar-refractivity contribution in [1.29, 1.82) is 0 Å². The Hall–Kier alpha value is -1.36. The third-order valence-electron chi connectivity index (χ3n) is 5.54. The summed E-state index contributed by atoms with van der Waals surface area (Å²) in [6.07, 6.45) is 6.62. The Balaban J connectivity index is 0.000000271. The molecule has 0 aliphatic heterocycles. The summed E-state index contributed by atoms with van der Waals surface area (Å²) in [6, 6.07) is 5.80. The van der Waals surface area contributed by atoms with E-state index in [0.717, 1.165) is 46.8 Å². The second-order valence-electron chi connectivity index (χ2n) is 7.32. The second kappa shape index (κ2) is 12.2. The molecule has 0 radical (unpaired) electrons. The van der Waals surface area contributed by atoms with Crippen molar-refractivity contribution in [3.63, 3.8) is 0 Å². The number of anilines is 1.